The molecule has 3 rings (SSSR count). The van der Waals surface area contributed by atoms with Gasteiger partial charge in [-0.3, -0.25) is 9.69 Å². The normalized spacial score (nSPS) is 20.8. The van der Waals surface area contributed by atoms with Crippen molar-refractivity contribution in [2.75, 3.05) is 26.7 Å². The number of rotatable bonds is 3. The minimum Gasteiger partial charge on any atom is -0.378 e. The van der Waals surface area contributed by atoms with Gasteiger partial charge in [-0.15, -0.1) is 0 Å². The number of likely N-dealkylation sites (N-methyl/N-ethyl adjacent to an activating group) is 1. The van der Waals surface area contributed by atoms with E-state index in [0.717, 1.165) is 12.4 Å². The predicted octanol–water partition coefficient (Wildman–Crippen LogP) is 0.958. The highest BCUT2D eigenvalue weighted by Gasteiger charge is 2.32. The standard InChI is InChI=1S/C16H20N4O2/c1-19-9-10-20(11-13(19)15-17-7-8-18-15)16(22)14(21)12-5-3-2-4-6-12/h2-8,13-14,21H,9-11H2,1H3,(H,17,18)/t13-,14-/m1/s1. The second kappa shape index (κ2) is 6.29. The van der Waals surface area contributed by atoms with Gasteiger partial charge in [-0.05, 0) is 12.6 Å². The van der Waals surface area contributed by atoms with Crippen LogP contribution in [0.25, 0.3) is 0 Å². The summed E-state index contributed by atoms with van der Waals surface area (Å²) in [5.74, 6) is 0.588. The first-order chi connectivity index (χ1) is 10.7. The number of carbonyl (C=O) groups excluding carboxylic acids is 1. The van der Waals surface area contributed by atoms with Crippen LogP contribution in [-0.2, 0) is 4.79 Å². The molecule has 1 fully saturated rings. The highest BCUT2D eigenvalue weighted by atomic mass is 16.3. The topological polar surface area (TPSA) is 72.5 Å². The number of imidazole rings is 1. The number of aliphatic hydroxyl groups excluding tert-OH is 1. The molecule has 0 spiro atoms. The van der Waals surface area contributed by atoms with Gasteiger partial charge in [0.2, 0.25) is 0 Å². The average Bonchev–Trinajstić information content (AvgIpc) is 3.09. The van der Waals surface area contributed by atoms with E-state index < -0.39 is 6.10 Å². The van der Waals surface area contributed by atoms with Crippen LogP contribution >= 0.6 is 0 Å². The van der Waals surface area contributed by atoms with E-state index in [4.69, 9.17) is 0 Å². The van der Waals surface area contributed by atoms with Gasteiger partial charge in [0.15, 0.2) is 6.10 Å². The molecule has 116 valence electrons. The largest absolute Gasteiger partial charge is 0.378 e. The molecule has 22 heavy (non-hydrogen) atoms. The van der Waals surface area contributed by atoms with Crippen LogP contribution in [0.15, 0.2) is 42.7 Å². The lowest BCUT2D eigenvalue weighted by molar-refractivity contribution is -0.143. The summed E-state index contributed by atoms with van der Waals surface area (Å²) in [6, 6.07) is 9.06. The van der Waals surface area contributed by atoms with Crippen LogP contribution in [0, 0.1) is 0 Å². The number of H-pyrrole nitrogens is 1. The molecule has 0 radical (unpaired) electrons. The number of hydrogen-bond donors (Lipinski definition) is 2. The zero-order chi connectivity index (χ0) is 15.5. The molecule has 2 heterocycles. The van der Waals surface area contributed by atoms with Gasteiger partial charge >= 0.3 is 0 Å². The third-order valence-corrected chi connectivity index (χ3v) is 4.14. The third-order valence-electron chi connectivity index (χ3n) is 4.14. The third kappa shape index (κ3) is 2.88. The Balaban J connectivity index is 1.73. The van der Waals surface area contributed by atoms with E-state index in [1.54, 1.807) is 29.4 Å². The van der Waals surface area contributed by atoms with Crippen molar-refractivity contribution in [3.63, 3.8) is 0 Å². The molecule has 1 aromatic carbocycles. The van der Waals surface area contributed by atoms with Gasteiger partial charge in [-0.1, -0.05) is 30.3 Å². The summed E-state index contributed by atoms with van der Waals surface area (Å²) < 4.78 is 0. The molecule has 1 saturated heterocycles. The van der Waals surface area contributed by atoms with Crippen molar-refractivity contribution in [3.05, 3.63) is 54.1 Å². The van der Waals surface area contributed by atoms with Gasteiger partial charge in [0, 0.05) is 32.0 Å². The summed E-state index contributed by atoms with van der Waals surface area (Å²) in [5, 5.41) is 10.3. The number of benzene rings is 1. The molecule has 1 amide bonds. The maximum absolute atomic E-state index is 12.5. The summed E-state index contributed by atoms with van der Waals surface area (Å²) in [5.41, 5.74) is 0.626. The molecule has 2 N–H and O–H groups in total. The second-order valence-electron chi connectivity index (χ2n) is 5.57. The molecule has 1 aliphatic rings. The number of hydrogen-bond acceptors (Lipinski definition) is 4. The fraction of sp³-hybridized carbons (Fsp3) is 0.375. The Morgan fingerprint density at radius 2 is 2.14 bits per heavy atom. The lowest BCUT2D eigenvalue weighted by Crippen LogP contribution is -2.50. The quantitative estimate of drug-likeness (QED) is 0.885. The molecule has 6 nitrogen and oxygen atoms in total. The fourth-order valence-corrected chi connectivity index (χ4v) is 2.78. The first-order valence-electron chi connectivity index (χ1n) is 7.38. The summed E-state index contributed by atoms with van der Waals surface area (Å²) >= 11 is 0. The number of nitrogens with one attached hydrogen (secondary N) is 1. The molecule has 6 heteroatoms. The summed E-state index contributed by atoms with van der Waals surface area (Å²) in [4.78, 5) is 23.8. The zero-order valence-electron chi connectivity index (χ0n) is 12.5. The first kappa shape index (κ1) is 14.7. The number of piperazine rings is 1. The molecular formula is C16H20N4O2. The van der Waals surface area contributed by atoms with E-state index in [-0.39, 0.29) is 11.9 Å². The van der Waals surface area contributed by atoms with Crippen molar-refractivity contribution >= 4 is 5.91 Å². The highest BCUT2D eigenvalue weighted by Crippen LogP contribution is 2.24. The van der Waals surface area contributed by atoms with Crippen molar-refractivity contribution in [2.45, 2.75) is 12.1 Å². The van der Waals surface area contributed by atoms with Gasteiger partial charge in [0.05, 0.1) is 6.04 Å². The average molecular weight is 300 g/mol. The molecule has 1 aromatic heterocycles. The van der Waals surface area contributed by atoms with Crippen LogP contribution in [0.1, 0.15) is 23.5 Å². The Bertz CT molecular complexity index is 614. The van der Waals surface area contributed by atoms with Crippen LogP contribution in [0.5, 0.6) is 0 Å². The van der Waals surface area contributed by atoms with E-state index in [2.05, 4.69) is 14.9 Å². The number of aromatic nitrogens is 2. The lowest BCUT2D eigenvalue weighted by atomic mass is 10.1. The van der Waals surface area contributed by atoms with Crippen molar-refractivity contribution in [1.82, 2.24) is 19.8 Å². The molecular weight excluding hydrogens is 280 g/mol. The van der Waals surface area contributed by atoms with E-state index in [9.17, 15) is 9.90 Å². The SMILES string of the molecule is CN1CCN(C(=O)[C@H](O)c2ccccc2)C[C@@H]1c1ncc[nH]1. The Morgan fingerprint density at radius 1 is 1.36 bits per heavy atom. The Labute approximate surface area is 129 Å². The van der Waals surface area contributed by atoms with Gasteiger partial charge in [-0.25, -0.2) is 4.98 Å². The van der Waals surface area contributed by atoms with Crippen molar-refractivity contribution < 1.29 is 9.90 Å². The van der Waals surface area contributed by atoms with E-state index in [1.807, 2.05) is 25.2 Å². The van der Waals surface area contributed by atoms with Gasteiger partial charge in [-0.2, -0.15) is 0 Å². The van der Waals surface area contributed by atoms with E-state index >= 15 is 0 Å². The summed E-state index contributed by atoms with van der Waals surface area (Å²) in [6.45, 7) is 1.88. The molecule has 2 aromatic rings. The van der Waals surface area contributed by atoms with Crippen molar-refractivity contribution in [3.8, 4) is 0 Å². The maximum atomic E-state index is 12.5. The Kier molecular flexibility index (Phi) is 4.22. The molecule has 0 aliphatic carbocycles. The molecule has 2 atom stereocenters. The van der Waals surface area contributed by atoms with Crippen LogP contribution in [0.3, 0.4) is 0 Å². The smallest absolute Gasteiger partial charge is 0.256 e. The van der Waals surface area contributed by atoms with Crippen LogP contribution in [0.4, 0.5) is 0 Å². The Hall–Kier alpha value is -2.18. The van der Waals surface area contributed by atoms with E-state index in [0.29, 0.717) is 18.7 Å². The number of aliphatic hydroxyl groups is 1. The summed E-state index contributed by atoms with van der Waals surface area (Å²) in [6.07, 6.45) is 2.38. The Morgan fingerprint density at radius 3 is 2.82 bits per heavy atom. The lowest BCUT2D eigenvalue weighted by Gasteiger charge is -2.39. The molecule has 0 bridgehead atoms. The van der Waals surface area contributed by atoms with Crippen LogP contribution in [-0.4, -0.2) is 57.5 Å². The molecule has 0 saturated carbocycles. The second-order valence-corrected chi connectivity index (χ2v) is 5.57. The number of nitrogens with zero attached hydrogens (tertiary/aromatic N) is 3. The van der Waals surface area contributed by atoms with Gasteiger partial charge in [0.1, 0.15) is 5.82 Å². The van der Waals surface area contributed by atoms with E-state index in [1.165, 1.54) is 0 Å². The zero-order valence-corrected chi connectivity index (χ0v) is 12.5. The minimum atomic E-state index is -1.11. The van der Waals surface area contributed by atoms with Crippen LogP contribution < -0.4 is 0 Å². The monoisotopic (exact) mass is 300 g/mol. The highest BCUT2D eigenvalue weighted by molar-refractivity contribution is 5.82. The van der Waals surface area contributed by atoms with Gasteiger partial charge < -0.3 is 15.0 Å². The van der Waals surface area contributed by atoms with Crippen LogP contribution in [0.2, 0.25) is 0 Å². The summed E-state index contributed by atoms with van der Waals surface area (Å²) in [7, 11) is 2.02. The first-order valence-corrected chi connectivity index (χ1v) is 7.38. The van der Waals surface area contributed by atoms with Crippen molar-refractivity contribution in [1.29, 1.82) is 0 Å². The fourth-order valence-electron chi connectivity index (χ4n) is 2.78. The van der Waals surface area contributed by atoms with Crippen molar-refractivity contribution in [2.24, 2.45) is 0 Å². The number of carbonyl (C=O) groups is 1. The molecule has 1 aliphatic heterocycles. The predicted molar refractivity (Wildman–Crippen MR) is 81.9 cm³/mol. The van der Waals surface area contributed by atoms with Gasteiger partial charge in [0.25, 0.3) is 5.91 Å². The number of aromatic amines is 1. The number of amides is 1. The maximum Gasteiger partial charge on any atom is 0.256 e. The molecule has 0 unspecified atom stereocenters. The minimum absolute atomic E-state index is 0.0238.